The largest absolute Gasteiger partial charge is 0.446 e. The van der Waals surface area contributed by atoms with Crippen LogP contribution >= 0.6 is 15.9 Å². The molecule has 1 aromatic carbocycles. The highest BCUT2D eigenvalue weighted by atomic mass is 79.9. The van der Waals surface area contributed by atoms with Crippen LogP contribution < -0.4 is 0 Å². The van der Waals surface area contributed by atoms with Gasteiger partial charge in [-0.25, -0.2) is 4.79 Å². The van der Waals surface area contributed by atoms with Crippen molar-refractivity contribution in [3.8, 4) is 0 Å². The van der Waals surface area contributed by atoms with E-state index in [0.29, 0.717) is 0 Å². The van der Waals surface area contributed by atoms with E-state index < -0.39 is 0 Å². The maximum absolute atomic E-state index is 12.1. The number of ether oxygens (including phenoxy) is 1. The number of rotatable bonds is 4. The lowest BCUT2D eigenvalue weighted by Gasteiger charge is -2.36. The number of benzene rings is 1. The number of nitrogens with zero attached hydrogens (tertiary/aromatic N) is 1. The Kier molecular flexibility index (Phi) is 4.86. The van der Waals surface area contributed by atoms with E-state index in [1.807, 2.05) is 38.1 Å². The molecule has 3 nitrogen and oxygen atoms in total. The average molecular weight is 338 g/mol. The predicted octanol–water partition coefficient (Wildman–Crippen LogP) is 4.69. The number of cyclic esters (lactones) is 1. The molecule has 2 atom stereocenters. The normalized spacial score (nSPS) is 20.4. The second kappa shape index (κ2) is 6.44. The lowest BCUT2D eigenvalue weighted by Crippen LogP contribution is -2.43. The van der Waals surface area contributed by atoms with Crippen LogP contribution in [0.5, 0.6) is 0 Å². The van der Waals surface area contributed by atoms with Gasteiger partial charge in [-0.15, -0.1) is 6.58 Å². The lowest BCUT2D eigenvalue weighted by atomic mass is 10.0. The van der Waals surface area contributed by atoms with E-state index in [0.717, 1.165) is 35.0 Å². The van der Waals surface area contributed by atoms with E-state index in [1.54, 1.807) is 4.90 Å². The molecule has 0 radical (unpaired) electrons. The summed E-state index contributed by atoms with van der Waals surface area (Å²) in [6, 6.07) is 8.07. The van der Waals surface area contributed by atoms with E-state index in [4.69, 9.17) is 4.74 Å². The number of carbonyl (C=O) groups excluding carboxylic acids is 1. The fraction of sp³-hybridized carbons (Fsp3) is 0.438. The minimum atomic E-state index is -0.224. The molecule has 0 N–H and O–H groups in total. The summed E-state index contributed by atoms with van der Waals surface area (Å²) in [5.41, 5.74) is 2.17. The summed E-state index contributed by atoms with van der Waals surface area (Å²) < 4.78 is 6.53. The van der Waals surface area contributed by atoms with Crippen molar-refractivity contribution >= 4 is 22.0 Å². The molecule has 4 heteroatoms. The predicted molar refractivity (Wildman–Crippen MR) is 83.6 cm³/mol. The Morgan fingerprint density at radius 1 is 1.50 bits per heavy atom. The van der Waals surface area contributed by atoms with Crippen molar-refractivity contribution in [2.24, 2.45) is 0 Å². The van der Waals surface area contributed by atoms with Gasteiger partial charge in [0.2, 0.25) is 0 Å². The molecular formula is C16H20BrNO2. The zero-order valence-electron chi connectivity index (χ0n) is 11.9. The minimum absolute atomic E-state index is 0.0200. The third-order valence-electron chi connectivity index (χ3n) is 3.59. The maximum atomic E-state index is 12.1. The SMILES string of the molecule is C=C(C)CC1CCN(C(C)c2ccc(Br)cc2)C(=O)O1. The van der Waals surface area contributed by atoms with Gasteiger partial charge in [0, 0.05) is 23.9 Å². The summed E-state index contributed by atoms with van der Waals surface area (Å²) in [6.45, 7) is 8.60. The van der Waals surface area contributed by atoms with Crippen LogP contribution in [0.25, 0.3) is 0 Å². The zero-order valence-corrected chi connectivity index (χ0v) is 13.5. The van der Waals surface area contributed by atoms with Crippen molar-refractivity contribution < 1.29 is 9.53 Å². The first-order chi connectivity index (χ1) is 9.47. The Hall–Kier alpha value is -1.29. The van der Waals surface area contributed by atoms with E-state index in [1.165, 1.54) is 0 Å². The highest BCUT2D eigenvalue weighted by Gasteiger charge is 2.30. The quantitative estimate of drug-likeness (QED) is 0.746. The van der Waals surface area contributed by atoms with Crippen molar-refractivity contribution in [2.45, 2.75) is 38.8 Å². The number of hydrogen-bond acceptors (Lipinski definition) is 2. The van der Waals surface area contributed by atoms with Crippen LogP contribution in [0.4, 0.5) is 4.79 Å². The molecule has 0 saturated carbocycles. The molecule has 1 aromatic rings. The van der Waals surface area contributed by atoms with Crippen LogP contribution in [0.15, 0.2) is 40.9 Å². The smallest absolute Gasteiger partial charge is 0.410 e. The molecule has 1 heterocycles. The molecule has 1 fully saturated rings. The molecule has 2 rings (SSSR count). The first-order valence-corrected chi connectivity index (χ1v) is 7.63. The van der Waals surface area contributed by atoms with Crippen LogP contribution in [-0.2, 0) is 4.74 Å². The molecule has 0 bridgehead atoms. The molecule has 1 aliphatic heterocycles. The van der Waals surface area contributed by atoms with E-state index in [-0.39, 0.29) is 18.2 Å². The molecule has 1 aliphatic rings. The molecule has 1 saturated heterocycles. The summed E-state index contributed by atoms with van der Waals surface area (Å²) in [6.07, 6.45) is 1.37. The van der Waals surface area contributed by atoms with Crippen LogP contribution in [0.3, 0.4) is 0 Å². The second-order valence-electron chi connectivity index (χ2n) is 5.38. The van der Waals surface area contributed by atoms with Gasteiger partial charge < -0.3 is 9.64 Å². The fourth-order valence-corrected chi connectivity index (χ4v) is 2.71. The van der Waals surface area contributed by atoms with E-state index >= 15 is 0 Å². The Morgan fingerprint density at radius 2 is 2.15 bits per heavy atom. The lowest BCUT2D eigenvalue weighted by molar-refractivity contribution is 0.0137. The molecule has 1 amide bonds. The summed E-state index contributed by atoms with van der Waals surface area (Å²) >= 11 is 3.42. The van der Waals surface area contributed by atoms with Crippen LogP contribution in [0.2, 0.25) is 0 Å². The number of carbonyl (C=O) groups is 1. The molecular weight excluding hydrogens is 318 g/mol. The summed E-state index contributed by atoms with van der Waals surface area (Å²) in [7, 11) is 0. The molecule has 108 valence electrons. The Balaban J connectivity index is 2.01. The molecule has 0 aromatic heterocycles. The average Bonchev–Trinajstić information content (AvgIpc) is 2.38. The standard InChI is InChI=1S/C16H20BrNO2/c1-11(2)10-15-8-9-18(16(19)20-15)12(3)13-4-6-14(17)7-5-13/h4-7,12,15H,1,8-10H2,2-3H3. The van der Waals surface area contributed by atoms with Crippen LogP contribution in [0, 0.1) is 0 Å². The van der Waals surface area contributed by atoms with Gasteiger partial charge in [0.15, 0.2) is 0 Å². The summed E-state index contributed by atoms with van der Waals surface area (Å²) in [4.78, 5) is 13.9. The molecule has 0 spiro atoms. The van der Waals surface area contributed by atoms with Gasteiger partial charge in [-0.1, -0.05) is 33.6 Å². The van der Waals surface area contributed by atoms with E-state index in [9.17, 15) is 4.79 Å². The van der Waals surface area contributed by atoms with Crippen molar-refractivity contribution in [2.75, 3.05) is 6.54 Å². The summed E-state index contributed by atoms with van der Waals surface area (Å²) in [5, 5.41) is 0. The number of hydrogen-bond donors (Lipinski definition) is 0. The topological polar surface area (TPSA) is 29.5 Å². The first kappa shape index (κ1) is 15.1. The Bertz CT molecular complexity index is 498. The van der Waals surface area contributed by atoms with Gasteiger partial charge in [-0.05, 0) is 31.5 Å². The first-order valence-electron chi connectivity index (χ1n) is 6.84. The minimum Gasteiger partial charge on any atom is -0.446 e. The van der Waals surface area contributed by atoms with Crippen molar-refractivity contribution in [3.05, 3.63) is 46.5 Å². The van der Waals surface area contributed by atoms with Crippen molar-refractivity contribution in [1.29, 1.82) is 0 Å². The molecule has 20 heavy (non-hydrogen) atoms. The van der Waals surface area contributed by atoms with Gasteiger partial charge >= 0.3 is 6.09 Å². The Labute approximate surface area is 128 Å². The number of amides is 1. The summed E-state index contributed by atoms with van der Waals surface area (Å²) in [5.74, 6) is 0. The third-order valence-corrected chi connectivity index (χ3v) is 4.12. The van der Waals surface area contributed by atoms with Crippen molar-refractivity contribution in [1.82, 2.24) is 4.90 Å². The second-order valence-corrected chi connectivity index (χ2v) is 6.29. The van der Waals surface area contributed by atoms with Gasteiger partial charge in [0.05, 0.1) is 6.04 Å². The highest BCUT2D eigenvalue weighted by Crippen LogP contribution is 2.27. The molecule has 0 aliphatic carbocycles. The van der Waals surface area contributed by atoms with Gasteiger partial charge in [-0.2, -0.15) is 0 Å². The number of halogens is 1. The van der Waals surface area contributed by atoms with Crippen LogP contribution in [0.1, 0.15) is 38.3 Å². The fourth-order valence-electron chi connectivity index (χ4n) is 2.45. The van der Waals surface area contributed by atoms with Crippen molar-refractivity contribution in [3.63, 3.8) is 0 Å². The third kappa shape index (κ3) is 3.63. The monoisotopic (exact) mass is 337 g/mol. The maximum Gasteiger partial charge on any atom is 0.410 e. The van der Waals surface area contributed by atoms with Gasteiger partial charge in [0.25, 0.3) is 0 Å². The Morgan fingerprint density at radius 3 is 2.70 bits per heavy atom. The van der Waals surface area contributed by atoms with Gasteiger partial charge in [-0.3, -0.25) is 0 Å². The highest BCUT2D eigenvalue weighted by molar-refractivity contribution is 9.10. The van der Waals surface area contributed by atoms with E-state index in [2.05, 4.69) is 22.5 Å². The zero-order chi connectivity index (χ0) is 14.7. The van der Waals surface area contributed by atoms with Crippen LogP contribution in [-0.4, -0.2) is 23.6 Å². The molecule has 2 unspecified atom stereocenters. The van der Waals surface area contributed by atoms with Gasteiger partial charge in [0.1, 0.15) is 6.10 Å².